The lowest BCUT2D eigenvalue weighted by Crippen LogP contribution is -2.36. The van der Waals surface area contributed by atoms with Crippen LogP contribution in [-0.4, -0.2) is 24.9 Å². The molecule has 0 radical (unpaired) electrons. The second-order valence-electron chi connectivity index (χ2n) is 3.94. The summed E-state index contributed by atoms with van der Waals surface area (Å²) in [6.45, 7) is 4.35. The highest BCUT2D eigenvalue weighted by atomic mass is 35.5. The van der Waals surface area contributed by atoms with E-state index in [-0.39, 0.29) is 17.7 Å². The molecule has 1 rings (SSSR count). The molecule has 0 aliphatic carbocycles. The Kier molecular flexibility index (Phi) is 5.91. The number of rotatable bonds is 5. The zero-order valence-corrected chi connectivity index (χ0v) is 12.4. The molecular weight excluding hydrogens is 295 g/mol. The molecule has 0 aliphatic rings. The minimum atomic E-state index is -0.290. The minimum Gasteiger partial charge on any atom is -0.354 e. The van der Waals surface area contributed by atoms with Gasteiger partial charge in [-0.2, -0.15) is 0 Å². The molecule has 0 spiro atoms. The van der Waals surface area contributed by atoms with E-state index in [1.165, 1.54) is 6.07 Å². The van der Waals surface area contributed by atoms with E-state index in [1.54, 1.807) is 13.8 Å². The molecule has 0 aromatic carbocycles. The van der Waals surface area contributed by atoms with Gasteiger partial charge < -0.3 is 10.6 Å². The Morgan fingerprint density at radius 1 is 1.28 bits per heavy atom. The number of thiophene rings is 1. The summed E-state index contributed by atoms with van der Waals surface area (Å²) in [6, 6.07) is 1.52. The van der Waals surface area contributed by atoms with E-state index in [4.69, 9.17) is 23.2 Å². The van der Waals surface area contributed by atoms with Crippen LogP contribution in [0.15, 0.2) is 6.07 Å². The van der Waals surface area contributed by atoms with Gasteiger partial charge in [-0.1, -0.05) is 37.0 Å². The largest absolute Gasteiger partial charge is 0.354 e. The van der Waals surface area contributed by atoms with Gasteiger partial charge in [0.05, 0.1) is 9.90 Å². The van der Waals surface area contributed by atoms with Gasteiger partial charge in [0.1, 0.15) is 4.34 Å². The van der Waals surface area contributed by atoms with Crippen molar-refractivity contribution in [2.75, 3.05) is 13.1 Å². The van der Waals surface area contributed by atoms with Crippen LogP contribution in [0.25, 0.3) is 0 Å². The Morgan fingerprint density at radius 2 is 1.89 bits per heavy atom. The molecule has 4 nitrogen and oxygen atoms in total. The van der Waals surface area contributed by atoms with Crippen molar-refractivity contribution in [2.24, 2.45) is 5.92 Å². The molecule has 0 saturated carbocycles. The van der Waals surface area contributed by atoms with Crippen LogP contribution in [0, 0.1) is 5.92 Å². The Balaban J connectivity index is 2.34. The highest BCUT2D eigenvalue weighted by Crippen LogP contribution is 2.30. The standard InChI is InChI=1S/C11H14Cl2N2O2S/c1-6(2)10(16)14-3-4-15-11(17)7-5-8(12)18-9(7)13/h5-6H,3-4H2,1-2H3,(H,14,16)(H,15,17). The maximum atomic E-state index is 11.7. The molecule has 100 valence electrons. The van der Waals surface area contributed by atoms with Gasteiger partial charge in [-0.3, -0.25) is 9.59 Å². The van der Waals surface area contributed by atoms with Gasteiger partial charge in [0.2, 0.25) is 5.91 Å². The molecular formula is C11H14Cl2N2O2S. The number of hydrogen-bond acceptors (Lipinski definition) is 3. The molecule has 1 heterocycles. The van der Waals surface area contributed by atoms with Gasteiger partial charge in [0.15, 0.2) is 0 Å². The van der Waals surface area contributed by atoms with E-state index in [2.05, 4.69) is 10.6 Å². The van der Waals surface area contributed by atoms with Crippen molar-refractivity contribution >= 4 is 46.4 Å². The molecule has 0 atom stereocenters. The molecule has 0 aliphatic heterocycles. The summed E-state index contributed by atoms with van der Waals surface area (Å²) in [5.41, 5.74) is 0.363. The zero-order valence-electron chi connectivity index (χ0n) is 10.0. The fourth-order valence-electron chi connectivity index (χ4n) is 1.16. The van der Waals surface area contributed by atoms with Gasteiger partial charge >= 0.3 is 0 Å². The number of carbonyl (C=O) groups excluding carboxylic acids is 2. The van der Waals surface area contributed by atoms with Crippen LogP contribution in [0.1, 0.15) is 24.2 Å². The second kappa shape index (κ2) is 6.97. The van der Waals surface area contributed by atoms with Gasteiger partial charge in [-0.05, 0) is 6.07 Å². The predicted octanol–water partition coefficient (Wildman–Crippen LogP) is 2.56. The minimum absolute atomic E-state index is 0.0409. The Labute approximate surface area is 120 Å². The van der Waals surface area contributed by atoms with E-state index in [9.17, 15) is 9.59 Å². The highest BCUT2D eigenvalue weighted by Gasteiger charge is 2.13. The molecule has 0 unspecified atom stereocenters. The highest BCUT2D eigenvalue weighted by molar-refractivity contribution is 7.20. The maximum absolute atomic E-state index is 11.7. The average molecular weight is 309 g/mol. The van der Waals surface area contributed by atoms with Crippen LogP contribution in [0.5, 0.6) is 0 Å². The van der Waals surface area contributed by atoms with E-state index in [0.29, 0.717) is 27.3 Å². The van der Waals surface area contributed by atoms with Crippen molar-refractivity contribution < 1.29 is 9.59 Å². The van der Waals surface area contributed by atoms with Crippen molar-refractivity contribution in [2.45, 2.75) is 13.8 Å². The average Bonchev–Trinajstić information content (AvgIpc) is 2.63. The number of carbonyl (C=O) groups is 2. The third-order valence-electron chi connectivity index (χ3n) is 2.14. The Hall–Kier alpha value is -0.780. The fourth-order valence-corrected chi connectivity index (χ4v) is 2.61. The normalized spacial score (nSPS) is 10.5. The lowest BCUT2D eigenvalue weighted by molar-refractivity contribution is -0.123. The van der Waals surface area contributed by atoms with Crippen molar-refractivity contribution in [3.63, 3.8) is 0 Å². The summed E-state index contributed by atoms with van der Waals surface area (Å²) >= 11 is 12.7. The number of nitrogens with one attached hydrogen (secondary N) is 2. The first-order chi connectivity index (χ1) is 8.41. The van der Waals surface area contributed by atoms with Crippen molar-refractivity contribution in [1.82, 2.24) is 10.6 Å². The first kappa shape index (κ1) is 15.3. The first-order valence-electron chi connectivity index (χ1n) is 5.42. The third-order valence-corrected chi connectivity index (χ3v) is 3.62. The third kappa shape index (κ3) is 4.48. The molecule has 7 heteroatoms. The molecule has 1 aromatic rings. The fraction of sp³-hybridized carbons (Fsp3) is 0.455. The molecule has 0 bridgehead atoms. The number of amides is 2. The maximum Gasteiger partial charge on any atom is 0.253 e. The van der Waals surface area contributed by atoms with Gasteiger partial charge in [-0.25, -0.2) is 0 Å². The number of hydrogen-bond donors (Lipinski definition) is 2. The number of halogens is 2. The summed E-state index contributed by atoms with van der Waals surface area (Å²) in [5.74, 6) is -0.395. The molecule has 0 fully saturated rings. The van der Waals surface area contributed by atoms with Crippen LogP contribution < -0.4 is 10.6 Å². The van der Waals surface area contributed by atoms with Crippen LogP contribution in [-0.2, 0) is 4.79 Å². The van der Waals surface area contributed by atoms with Crippen LogP contribution in [0.4, 0.5) is 0 Å². The predicted molar refractivity (Wildman–Crippen MR) is 74.5 cm³/mol. The lowest BCUT2D eigenvalue weighted by atomic mass is 10.2. The second-order valence-corrected chi connectivity index (χ2v) is 6.23. The molecule has 1 aromatic heterocycles. The van der Waals surface area contributed by atoms with E-state index < -0.39 is 0 Å². The summed E-state index contributed by atoms with van der Waals surface area (Å²) in [6.07, 6.45) is 0. The lowest BCUT2D eigenvalue weighted by Gasteiger charge is -2.08. The van der Waals surface area contributed by atoms with E-state index in [1.807, 2.05) is 0 Å². The van der Waals surface area contributed by atoms with E-state index >= 15 is 0 Å². The van der Waals surface area contributed by atoms with Crippen LogP contribution >= 0.6 is 34.5 Å². The van der Waals surface area contributed by atoms with Gasteiger partial charge in [0.25, 0.3) is 5.91 Å². The van der Waals surface area contributed by atoms with Gasteiger partial charge in [0, 0.05) is 19.0 Å². The monoisotopic (exact) mass is 308 g/mol. The van der Waals surface area contributed by atoms with Crippen molar-refractivity contribution in [3.05, 3.63) is 20.3 Å². The summed E-state index contributed by atoms with van der Waals surface area (Å²) in [7, 11) is 0. The van der Waals surface area contributed by atoms with Crippen molar-refractivity contribution in [3.8, 4) is 0 Å². The van der Waals surface area contributed by atoms with Crippen molar-refractivity contribution in [1.29, 1.82) is 0 Å². The Morgan fingerprint density at radius 3 is 2.39 bits per heavy atom. The van der Waals surface area contributed by atoms with Gasteiger partial charge in [-0.15, -0.1) is 11.3 Å². The van der Waals surface area contributed by atoms with Crippen LogP contribution in [0.3, 0.4) is 0 Å². The SMILES string of the molecule is CC(C)C(=O)NCCNC(=O)c1cc(Cl)sc1Cl. The first-order valence-corrected chi connectivity index (χ1v) is 6.99. The molecule has 2 amide bonds. The summed E-state index contributed by atoms with van der Waals surface area (Å²) < 4.78 is 0.835. The summed E-state index contributed by atoms with van der Waals surface area (Å²) in [5, 5.41) is 5.36. The zero-order chi connectivity index (χ0) is 13.7. The topological polar surface area (TPSA) is 58.2 Å². The molecule has 2 N–H and O–H groups in total. The van der Waals surface area contributed by atoms with Crippen LogP contribution in [0.2, 0.25) is 8.67 Å². The molecule has 18 heavy (non-hydrogen) atoms. The van der Waals surface area contributed by atoms with E-state index in [0.717, 1.165) is 11.3 Å². The molecule has 0 saturated heterocycles. The smallest absolute Gasteiger partial charge is 0.253 e. The Bertz CT molecular complexity index is 446. The summed E-state index contributed by atoms with van der Waals surface area (Å²) in [4.78, 5) is 23.0. The quantitative estimate of drug-likeness (QED) is 0.821.